The van der Waals surface area contributed by atoms with E-state index in [1.807, 2.05) is 0 Å². The fraction of sp³-hybridized carbons (Fsp3) is 0.625. The van der Waals surface area contributed by atoms with Crippen molar-refractivity contribution < 1.29 is 13.0 Å². The van der Waals surface area contributed by atoms with E-state index < -0.39 is 10.1 Å². The van der Waals surface area contributed by atoms with E-state index in [0.29, 0.717) is 0 Å². The van der Waals surface area contributed by atoms with E-state index in [9.17, 15) is 8.42 Å². The van der Waals surface area contributed by atoms with Crippen LogP contribution in [0.25, 0.3) is 0 Å². The zero-order valence-electron chi connectivity index (χ0n) is 13.1. The lowest BCUT2D eigenvalue weighted by atomic mass is 10.1. The van der Waals surface area contributed by atoms with Crippen LogP contribution in [0.1, 0.15) is 58.3 Å². The SMILES string of the molecule is CCCCCCCCCC1Nc2ccc(S(=O)(=O)O)cc2N1. The highest BCUT2D eigenvalue weighted by molar-refractivity contribution is 7.85. The molecule has 124 valence electrons. The van der Waals surface area contributed by atoms with Crippen molar-refractivity contribution in [3.63, 3.8) is 0 Å². The van der Waals surface area contributed by atoms with E-state index in [4.69, 9.17) is 4.55 Å². The zero-order chi connectivity index (χ0) is 16.0. The first kappa shape index (κ1) is 17.1. The standard InChI is InChI=1S/C16H26N2O3S/c1-2-3-4-5-6-7-8-9-16-17-14-11-10-13(22(19,20)21)12-15(14)18-16/h10-12,16-18H,2-9H2,1H3,(H,19,20,21). The third kappa shape index (κ3) is 4.88. The summed E-state index contributed by atoms with van der Waals surface area (Å²) in [6.45, 7) is 2.22. The molecule has 0 saturated carbocycles. The topological polar surface area (TPSA) is 78.4 Å². The minimum absolute atomic E-state index is 0.0721. The number of nitrogens with one attached hydrogen (secondary N) is 2. The average Bonchev–Trinajstić information content (AvgIpc) is 2.87. The van der Waals surface area contributed by atoms with Crippen LogP contribution in [0.15, 0.2) is 23.1 Å². The molecule has 0 aliphatic carbocycles. The fourth-order valence-electron chi connectivity index (χ4n) is 2.79. The summed E-state index contributed by atoms with van der Waals surface area (Å²) >= 11 is 0. The summed E-state index contributed by atoms with van der Waals surface area (Å²) in [4.78, 5) is -0.0721. The number of anilines is 2. The van der Waals surface area contributed by atoms with Gasteiger partial charge >= 0.3 is 0 Å². The van der Waals surface area contributed by atoms with Crippen LogP contribution in [0.2, 0.25) is 0 Å². The maximum Gasteiger partial charge on any atom is 0.294 e. The van der Waals surface area contributed by atoms with Crippen molar-refractivity contribution in [2.45, 2.75) is 69.4 Å². The van der Waals surface area contributed by atoms with Gasteiger partial charge in [0, 0.05) is 0 Å². The lowest BCUT2D eigenvalue weighted by Gasteiger charge is -2.11. The van der Waals surface area contributed by atoms with E-state index in [-0.39, 0.29) is 11.1 Å². The maximum absolute atomic E-state index is 11.1. The van der Waals surface area contributed by atoms with Gasteiger partial charge in [-0.15, -0.1) is 0 Å². The number of fused-ring (bicyclic) bond motifs is 1. The van der Waals surface area contributed by atoms with E-state index in [1.54, 1.807) is 6.07 Å². The van der Waals surface area contributed by atoms with Gasteiger partial charge in [-0.3, -0.25) is 4.55 Å². The Morgan fingerprint density at radius 2 is 1.64 bits per heavy atom. The van der Waals surface area contributed by atoms with Gasteiger partial charge in [-0.1, -0.05) is 45.4 Å². The minimum atomic E-state index is -4.14. The Hall–Kier alpha value is -1.27. The monoisotopic (exact) mass is 326 g/mol. The van der Waals surface area contributed by atoms with Gasteiger partial charge in [0.15, 0.2) is 0 Å². The molecule has 1 aliphatic heterocycles. The predicted molar refractivity (Wildman–Crippen MR) is 89.9 cm³/mol. The van der Waals surface area contributed by atoms with Crippen LogP contribution < -0.4 is 10.6 Å². The van der Waals surface area contributed by atoms with Crippen molar-refractivity contribution in [2.75, 3.05) is 10.6 Å². The zero-order valence-corrected chi connectivity index (χ0v) is 14.0. The molecule has 0 fully saturated rings. The Kier molecular flexibility index (Phi) is 6.08. The van der Waals surface area contributed by atoms with Gasteiger partial charge in [-0.25, -0.2) is 0 Å². The second-order valence-corrected chi connectivity index (χ2v) is 7.36. The molecule has 1 unspecified atom stereocenters. The largest absolute Gasteiger partial charge is 0.364 e. The molecule has 1 atom stereocenters. The van der Waals surface area contributed by atoms with Gasteiger partial charge in [0.2, 0.25) is 0 Å². The van der Waals surface area contributed by atoms with Gasteiger partial charge in [0.25, 0.3) is 10.1 Å². The molecule has 5 nitrogen and oxygen atoms in total. The summed E-state index contributed by atoms with van der Waals surface area (Å²) in [5.41, 5.74) is 1.63. The van der Waals surface area contributed by atoms with Gasteiger partial charge in [0.05, 0.1) is 22.4 Å². The van der Waals surface area contributed by atoms with Crippen LogP contribution in [0.4, 0.5) is 11.4 Å². The van der Waals surface area contributed by atoms with E-state index in [1.165, 1.54) is 50.7 Å². The normalized spacial score (nSPS) is 16.9. The van der Waals surface area contributed by atoms with Crippen molar-refractivity contribution >= 4 is 21.5 Å². The van der Waals surface area contributed by atoms with E-state index in [0.717, 1.165) is 24.2 Å². The Bertz CT molecular complexity index is 587. The number of hydrogen-bond donors (Lipinski definition) is 3. The summed E-state index contributed by atoms with van der Waals surface area (Å²) in [5.74, 6) is 0. The van der Waals surface area contributed by atoms with Crippen LogP contribution in [0, 0.1) is 0 Å². The molecular weight excluding hydrogens is 300 g/mol. The summed E-state index contributed by atoms with van der Waals surface area (Å²) in [6, 6.07) is 4.58. The molecule has 0 amide bonds. The predicted octanol–water partition coefficient (Wildman–Crippen LogP) is 4.24. The summed E-state index contributed by atoms with van der Waals surface area (Å²) in [6.07, 6.45) is 10.1. The Balaban J connectivity index is 1.73. The first-order chi connectivity index (χ1) is 10.5. The first-order valence-electron chi connectivity index (χ1n) is 8.15. The molecule has 6 heteroatoms. The lowest BCUT2D eigenvalue weighted by molar-refractivity contribution is 0.483. The Labute approximate surface area is 133 Å². The quantitative estimate of drug-likeness (QED) is 0.467. The maximum atomic E-state index is 11.1. The lowest BCUT2D eigenvalue weighted by Crippen LogP contribution is -2.21. The molecule has 2 rings (SSSR count). The molecule has 1 aromatic rings. The van der Waals surface area contributed by atoms with E-state index >= 15 is 0 Å². The molecule has 1 aromatic carbocycles. The second-order valence-electron chi connectivity index (χ2n) is 5.93. The van der Waals surface area contributed by atoms with Crippen LogP contribution in [0.3, 0.4) is 0 Å². The number of hydrogen-bond acceptors (Lipinski definition) is 4. The van der Waals surface area contributed by atoms with Gasteiger partial charge in [-0.05, 0) is 31.0 Å². The third-order valence-corrected chi connectivity index (χ3v) is 4.89. The van der Waals surface area contributed by atoms with Gasteiger partial charge in [-0.2, -0.15) is 8.42 Å². The van der Waals surface area contributed by atoms with Crippen LogP contribution in [-0.2, 0) is 10.1 Å². The number of rotatable bonds is 9. The van der Waals surface area contributed by atoms with E-state index in [2.05, 4.69) is 17.6 Å². The summed E-state index contributed by atoms with van der Waals surface area (Å²) in [5, 5.41) is 6.61. The highest BCUT2D eigenvalue weighted by Gasteiger charge is 2.21. The summed E-state index contributed by atoms with van der Waals surface area (Å²) in [7, 11) is -4.14. The van der Waals surface area contributed by atoms with Gasteiger partial charge < -0.3 is 10.6 Å². The molecule has 3 N–H and O–H groups in total. The average molecular weight is 326 g/mol. The Morgan fingerprint density at radius 1 is 1.00 bits per heavy atom. The molecule has 0 bridgehead atoms. The summed E-state index contributed by atoms with van der Waals surface area (Å²) < 4.78 is 31.4. The van der Waals surface area contributed by atoms with Crippen molar-refractivity contribution in [3.8, 4) is 0 Å². The van der Waals surface area contributed by atoms with Crippen LogP contribution in [0.5, 0.6) is 0 Å². The van der Waals surface area contributed by atoms with Crippen molar-refractivity contribution in [2.24, 2.45) is 0 Å². The Morgan fingerprint density at radius 3 is 2.32 bits per heavy atom. The van der Waals surface area contributed by atoms with Crippen LogP contribution in [-0.4, -0.2) is 19.1 Å². The van der Waals surface area contributed by atoms with Crippen molar-refractivity contribution in [3.05, 3.63) is 18.2 Å². The molecule has 0 spiro atoms. The molecule has 1 aliphatic rings. The highest BCUT2D eigenvalue weighted by atomic mass is 32.2. The second kappa shape index (κ2) is 7.83. The van der Waals surface area contributed by atoms with Crippen molar-refractivity contribution in [1.82, 2.24) is 0 Å². The fourth-order valence-corrected chi connectivity index (χ4v) is 3.30. The molecule has 22 heavy (non-hydrogen) atoms. The number of benzene rings is 1. The molecule has 0 aromatic heterocycles. The van der Waals surface area contributed by atoms with Crippen molar-refractivity contribution in [1.29, 1.82) is 0 Å². The smallest absolute Gasteiger partial charge is 0.294 e. The molecular formula is C16H26N2O3S. The first-order valence-corrected chi connectivity index (χ1v) is 9.59. The highest BCUT2D eigenvalue weighted by Crippen LogP contribution is 2.32. The van der Waals surface area contributed by atoms with Gasteiger partial charge in [0.1, 0.15) is 0 Å². The molecule has 1 heterocycles. The minimum Gasteiger partial charge on any atom is -0.364 e. The molecule has 0 saturated heterocycles. The van der Waals surface area contributed by atoms with Crippen LogP contribution >= 0.6 is 0 Å². The molecule has 0 radical (unpaired) electrons. The third-order valence-electron chi connectivity index (χ3n) is 4.04. The number of unbranched alkanes of at least 4 members (excludes halogenated alkanes) is 6.